The molecule has 0 unspecified atom stereocenters. The van der Waals surface area contributed by atoms with Crippen molar-refractivity contribution in [2.45, 2.75) is 6.92 Å². The van der Waals surface area contributed by atoms with E-state index in [1.165, 1.54) is 0 Å². The fourth-order valence-corrected chi connectivity index (χ4v) is 1.09. The molecule has 5 heteroatoms. The Kier molecular flexibility index (Phi) is 3.01. The lowest BCUT2D eigenvalue weighted by atomic mass is 10.2. The molecular formula is C8H6Cl2O3. The van der Waals surface area contributed by atoms with E-state index in [1.807, 2.05) is 6.07 Å². The van der Waals surface area contributed by atoms with Crippen LogP contribution in [0.5, 0.6) is 11.5 Å². The van der Waals surface area contributed by atoms with Crippen LogP contribution in [0.2, 0.25) is 10.0 Å². The van der Waals surface area contributed by atoms with Crippen LogP contribution in [-0.2, 0) is 4.79 Å². The molecule has 0 spiro atoms. The van der Waals surface area contributed by atoms with Crippen molar-refractivity contribution in [3.63, 3.8) is 0 Å². The van der Waals surface area contributed by atoms with Crippen molar-refractivity contribution in [1.82, 2.24) is 0 Å². The van der Waals surface area contributed by atoms with Crippen LogP contribution in [0.3, 0.4) is 0 Å². The van der Waals surface area contributed by atoms with E-state index < -0.39 is 5.97 Å². The van der Waals surface area contributed by atoms with Crippen molar-refractivity contribution in [2.75, 3.05) is 0 Å². The Bertz CT molecular complexity index is 342. The van der Waals surface area contributed by atoms with Crippen LogP contribution in [0.1, 0.15) is 6.92 Å². The third kappa shape index (κ3) is 2.50. The Morgan fingerprint density at radius 3 is 2.15 bits per heavy atom. The van der Waals surface area contributed by atoms with E-state index in [4.69, 9.17) is 37.8 Å². The molecule has 0 aromatic heterocycles. The van der Waals surface area contributed by atoms with Gasteiger partial charge in [0.2, 0.25) is 0 Å². The maximum absolute atomic E-state index is 9.00. The third-order valence-corrected chi connectivity index (χ3v) is 1.98. The first kappa shape index (κ1) is 10.2. The molecule has 13 heavy (non-hydrogen) atoms. The van der Waals surface area contributed by atoms with Gasteiger partial charge in [-0.15, -0.1) is 0 Å². The molecule has 2 bridgehead atoms. The summed E-state index contributed by atoms with van der Waals surface area (Å²) in [6.45, 7) is 1.08. The zero-order valence-corrected chi connectivity index (χ0v) is 8.19. The molecule has 0 amide bonds. The molecule has 0 aliphatic carbocycles. The summed E-state index contributed by atoms with van der Waals surface area (Å²) in [6.07, 6.45) is 0. The standard InChI is InChI=1S/C6H2Cl2O.C2H4O2/c7-4-1-3-2-5(9-3)6(4)8;1-2(3)4/h1-2H;1H3,(H,3,4). The summed E-state index contributed by atoms with van der Waals surface area (Å²) in [4.78, 5) is 9.00. The van der Waals surface area contributed by atoms with E-state index in [-0.39, 0.29) is 0 Å². The SMILES string of the molecule is CC(=O)O.Clc1cc2cc(c1Cl)O2. The van der Waals surface area contributed by atoms with E-state index in [0.717, 1.165) is 12.7 Å². The summed E-state index contributed by atoms with van der Waals surface area (Å²) in [6, 6.07) is 3.53. The topological polar surface area (TPSA) is 46.5 Å². The van der Waals surface area contributed by atoms with Gasteiger partial charge in [0.25, 0.3) is 5.97 Å². The molecule has 2 heterocycles. The minimum absolute atomic E-state index is 0.506. The van der Waals surface area contributed by atoms with E-state index in [2.05, 4.69) is 0 Å². The second kappa shape index (κ2) is 3.85. The van der Waals surface area contributed by atoms with E-state index >= 15 is 0 Å². The number of carbonyl (C=O) groups is 1. The molecule has 0 radical (unpaired) electrons. The largest absolute Gasteiger partial charge is 0.481 e. The fraction of sp³-hybridized carbons (Fsp3) is 0.125. The highest BCUT2D eigenvalue weighted by Crippen LogP contribution is 2.45. The maximum Gasteiger partial charge on any atom is 0.300 e. The smallest absolute Gasteiger partial charge is 0.300 e. The van der Waals surface area contributed by atoms with Crippen LogP contribution < -0.4 is 4.74 Å². The van der Waals surface area contributed by atoms with Gasteiger partial charge in [-0.2, -0.15) is 0 Å². The summed E-state index contributed by atoms with van der Waals surface area (Å²) in [5.41, 5.74) is 0. The van der Waals surface area contributed by atoms with Crippen LogP contribution in [0.15, 0.2) is 12.1 Å². The van der Waals surface area contributed by atoms with Crippen molar-refractivity contribution >= 4 is 29.2 Å². The van der Waals surface area contributed by atoms with Gasteiger partial charge in [-0.1, -0.05) is 23.2 Å². The monoisotopic (exact) mass is 220 g/mol. The van der Waals surface area contributed by atoms with Gasteiger partial charge in [-0.05, 0) is 0 Å². The van der Waals surface area contributed by atoms with Crippen LogP contribution >= 0.6 is 23.2 Å². The summed E-state index contributed by atoms with van der Waals surface area (Å²) < 4.78 is 5.01. The maximum atomic E-state index is 9.00. The second-order valence-electron chi connectivity index (χ2n) is 2.34. The number of rotatable bonds is 0. The molecular weight excluding hydrogens is 215 g/mol. The number of hydrogen-bond acceptors (Lipinski definition) is 2. The molecule has 1 aromatic rings. The van der Waals surface area contributed by atoms with Gasteiger partial charge < -0.3 is 9.84 Å². The molecule has 0 saturated heterocycles. The quantitative estimate of drug-likeness (QED) is 0.742. The Morgan fingerprint density at radius 2 is 1.92 bits per heavy atom. The predicted octanol–water partition coefficient (Wildman–Crippen LogP) is 3.19. The van der Waals surface area contributed by atoms with Crippen LogP contribution in [0, 0.1) is 0 Å². The molecule has 0 fully saturated rings. The van der Waals surface area contributed by atoms with E-state index in [0.29, 0.717) is 15.8 Å². The number of hydrogen-bond donors (Lipinski definition) is 1. The Hall–Kier alpha value is -0.930. The summed E-state index contributed by atoms with van der Waals surface area (Å²) >= 11 is 11.3. The number of carboxylic acids is 1. The highest BCUT2D eigenvalue weighted by Gasteiger charge is 2.17. The highest BCUT2D eigenvalue weighted by molar-refractivity contribution is 6.43. The Balaban J connectivity index is 0.000000184. The van der Waals surface area contributed by atoms with Gasteiger partial charge >= 0.3 is 0 Å². The lowest BCUT2D eigenvalue weighted by Gasteiger charge is -2.17. The molecule has 2 aliphatic heterocycles. The van der Waals surface area contributed by atoms with Gasteiger partial charge in [-0.25, -0.2) is 0 Å². The summed E-state index contributed by atoms with van der Waals surface area (Å²) in [5.74, 6) is 0.638. The van der Waals surface area contributed by atoms with Gasteiger partial charge in [0.15, 0.2) is 5.75 Å². The van der Waals surface area contributed by atoms with Crippen LogP contribution in [-0.4, -0.2) is 11.1 Å². The normalized spacial score (nSPS) is 10.4. The highest BCUT2D eigenvalue weighted by atomic mass is 35.5. The summed E-state index contributed by atoms with van der Waals surface area (Å²) in [7, 11) is 0. The fourth-order valence-electron chi connectivity index (χ4n) is 0.742. The number of halogens is 2. The van der Waals surface area contributed by atoms with Crippen molar-refractivity contribution in [1.29, 1.82) is 0 Å². The zero-order chi connectivity index (χ0) is 10.0. The van der Waals surface area contributed by atoms with Gasteiger partial charge in [0, 0.05) is 19.1 Å². The molecule has 0 atom stereocenters. The number of fused-ring (bicyclic) bond motifs is 2. The number of benzene rings is 1. The van der Waals surface area contributed by atoms with Crippen molar-refractivity contribution in [2.24, 2.45) is 0 Å². The van der Waals surface area contributed by atoms with Gasteiger partial charge in [0.05, 0.1) is 5.02 Å². The second-order valence-corrected chi connectivity index (χ2v) is 3.12. The first-order valence-electron chi connectivity index (χ1n) is 3.37. The van der Waals surface area contributed by atoms with Crippen LogP contribution in [0.25, 0.3) is 0 Å². The van der Waals surface area contributed by atoms with Crippen molar-refractivity contribution < 1.29 is 14.6 Å². The Morgan fingerprint density at radius 1 is 1.46 bits per heavy atom. The number of aliphatic carboxylic acids is 1. The molecule has 2 aliphatic rings. The molecule has 1 aromatic carbocycles. The number of carboxylic acid groups (broad SMARTS) is 1. The first-order valence-corrected chi connectivity index (χ1v) is 4.12. The average molecular weight is 221 g/mol. The average Bonchev–Trinajstić information content (AvgIpc) is 1.90. The molecule has 1 N–H and O–H groups in total. The minimum atomic E-state index is -0.833. The van der Waals surface area contributed by atoms with E-state index in [9.17, 15) is 0 Å². The number of ether oxygens (including phenoxy) is 1. The van der Waals surface area contributed by atoms with Crippen molar-refractivity contribution in [3.8, 4) is 11.5 Å². The first-order chi connectivity index (χ1) is 6.00. The van der Waals surface area contributed by atoms with Crippen LogP contribution in [0.4, 0.5) is 0 Å². The van der Waals surface area contributed by atoms with Crippen molar-refractivity contribution in [3.05, 3.63) is 22.2 Å². The van der Waals surface area contributed by atoms with E-state index in [1.54, 1.807) is 6.07 Å². The molecule has 3 rings (SSSR count). The lowest BCUT2D eigenvalue weighted by Crippen LogP contribution is -1.95. The zero-order valence-electron chi connectivity index (χ0n) is 6.67. The molecule has 3 nitrogen and oxygen atoms in total. The molecule has 0 saturated carbocycles. The third-order valence-electron chi connectivity index (χ3n) is 1.20. The summed E-state index contributed by atoms with van der Waals surface area (Å²) in [5, 5.41) is 8.49. The van der Waals surface area contributed by atoms with Gasteiger partial charge in [0.1, 0.15) is 10.8 Å². The Labute approximate surface area is 84.8 Å². The lowest BCUT2D eigenvalue weighted by molar-refractivity contribution is -0.134. The van der Waals surface area contributed by atoms with Gasteiger partial charge in [-0.3, -0.25) is 4.79 Å². The predicted molar refractivity (Wildman–Crippen MR) is 49.8 cm³/mol. The minimum Gasteiger partial charge on any atom is -0.481 e. The molecule has 70 valence electrons.